The minimum absolute atomic E-state index is 0.588. The third kappa shape index (κ3) is 23.5. The van der Waals surface area contributed by atoms with Crippen molar-refractivity contribution < 1.29 is 0 Å². The van der Waals surface area contributed by atoms with Crippen LogP contribution in [0.2, 0.25) is 0 Å². The molecule has 1 aromatic rings. The van der Waals surface area contributed by atoms with Crippen LogP contribution < -0.4 is 0 Å². The largest absolute Gasteiger partial charge is 0.332 e. The maximum absolute atomic E-state index is 5.02. The highest BCUT2D eigenvalue weighted by Crippen LogP contribution is 2.31. The molecule has 1 unspecified atom stereocenters. The van der Waals surface area contributed by atoms with Crippen LogP contribution >= 0.6 is 0 Å². The van der Waals surface area contributed by atoms with Crippen LogP contribution in [0.3, 0.4) is 0 Å². The van der Waals surface area contributed by atoms with E-state index in [9.17, 15) is 0 Å². The van der Waals surface area contributed by atoms with Gasteiger partial charge < -0.3 is 4.57 Å². The zero-order chi connectivity index (χ0) is 31.8. The van der Waals surface area contributed by atoms with Crippen molar-refractivity contribution in [2.75, 3.05) is 0 Å². The van der Waals surface area contributed by atoms with Gasteiger partial charge in [0, 0.05) is 24.4 Å². The molecule has 0 N–H and O–H groups in total. The first-order chi connectivity index (χ1) is 21.7. The summed E-state index contributed by atoms with van der Waals surface area (Å²) >= 11 is 0. The zero-order valence-corrected chi connectivity index (χ0v) is 31.0. The number of rotatable bonds is 35. The van der Waals surface area contributed by atoms with Crippen LogP contribution in [0.1, 0.15) is 257 Å². The maximum Gasteiger partial charge on any atom is 0.111 e. The quantitative estimate of drug-likeness (QED) is 0.0695. The van der Waals surface area contributed by atoms with Crippen molar-refractivity contribution in [3.05, 3.63) is 18.2 Å². The molecule has 0 spiro atoms. The van der Waals surface area contributed by atoms with Gasteiger partial charge >= 0.3 is 0 Å². The van der Waals surface area contributed by atoms with Gasteiger partial charge in [-0.05, 0) is 26.2 Å². The fourth-order valence-electron chi connectivity index (χ4n) is 7.24. The number of nitrogens with zero attached hydrogens (tertiary/aromatic N) is 2. The van der Waals surface area contributed by atoms with Crippen molar-refractivity contribution in [2.24, 2.45) is 0 Å². The molecule has 0 bridgehead atoms. The van der Waals surface area contributed by atoms with E-state index in [1.807, 2.05) is 0 Å². The first-order valence-corrected chi connectivity index (χ1v) is 20.8. The summed E-state index contributed by atoms with van der Waals surface area (Å²) in [5, 5.41) is 0. The normalized spacial score (nSPS) is 12.5. The smallest absolute Gasteiger partial charge is 0.111 e. The van der Waals surface area contributed by atoms with Crippen molar-refractivity contribution in [3.63, 3.8) is 0 Å². The van der Waals surface area contributed by atoms with Gasteiger partial charge in [0.2, 0.25) is 0 Å². The summed E-state index contributed by atoms with van der Waals surface area (Å²) in [6.45, 7) is 9.39. The molecule has 2 nitrogen and oxygen atoms in total. The van der Waals surface area contributed by atoms with Gasteiger partial charge in [-0.1, -0.05) is 213 Å². The van der Waals surface area contributed by atoms with Gasteiger partial charge in [-0.25, -0.2) is 4.98 Å². The van der Waals surface area contributed by atoms with E-state index in [0.717, 1.165) is 0 Å². The predicted octanol–water partition coefficient (Wildman–Crippen LogP) is 15.5. The number of unbranched alkanes of at least 4 members (excludes halogenated alkanes) is 27. The van der Waals surface area contributed by atoms with E-state index in [2.05, 4.69) is 44.7 Å². The Kier molecular flexibility index (Phi) is 30.1. The van der Waals surface area contributed by atoms with Crippen LogP contribution in [-0.4, -0.2) is 9.55 Å². The molecule has 1 atom stereocenters. The second-order valence-corrected chi connectivity index (χ2v) is 14.7. The van der Waals surface area contributed by atoms with Crippen LogP contribution in [0.4, 0.5) is 0 Å². The topological polar surface area (TPSA) is 17.8 Å². The highest BCUT2D eigenvalue weighted by atomic mass is 15.1. The Balaban J connectivity index is 2.40. The monoisotopic (exact) mass is 615 g/mol. The molecule has 0 saturated heterocycles. The van der Waals surface area contributed by atoms with Gasteiger partial charge in [-0.2, -0.15) is 0 Å². The van der Waals surface area contributed by atoms with Gasteiger partial charge in [-0.3, -0.25) is 0 Å². The summed E-state index contributed by atoms with van der Waals surface area (Å²) in [7, 11) is 0. The van der Waals surface area contributed by atoms with Crippen molar-refractivity contribution in [2.45, 2.75) is 252 Å². The van der Waals surface area contributed by atoms with E-state index in [0.29, 0.717) is 12.0 Å². The lowest BCUT2D eigenvalue weighted by molar-refractivity contribution is 0.412. The number of aromatic nitrogens is 2. The number of imidazole rings is 1. The van der Waals surface area contributed by atoms with E-state index in [4.69, 9.17) is 4.98 Å². The van der Waals surface area contributed by atoms with E-state index >= 15 is 0 Å². The van der Waals surface area contributed by atoms with E-state index in [1.54, 1.807) is 0 Å². The first kappa shape index (κ1) is 41.2. The number of hydrogen-bond acceptors (Lipinski definition) is 1. The molecule has 1 heterocycles. The van der Waals surface area contributed by atoms with Gasteiger partial charge in [0.25, 0.3) is 0 Å². The molecular weight excluding hydrogens is 532 g/mol. The van der Waals surface area contributed by atoms with Crippen molar-refractivity contribution in [1.29, 1.82) is 0 Å². The lowest BCUT2D eigenvalue weighted by atomic mass is 9.92. The summed E-state index contributed by atoms with van der Waals surface area (Å²) < 4.78 is 2.58. The third-order valence-electron chi connectivity index (χ3n) is 10.3. The first-order valence-electron chi connectivity index (χ1n) is 20.8. The van der Waals surface area contributed by atoms with Crippen molar-refractivity contribution in [3.8, 4) is 0 Å². The van der Waals surface area contributed by atoms with Crippen LogP contribution in [-0.2, 0) is 0 Å². The van der Waals surface area contributed by atoms with Gasteiger partial charge in [0.1, 0.15) is 5.82 Å². The summed E-state index contributed by atoms with van der Waals surface area (Å²) in [4.78, 5) is 5.02. The fraction of sp³-hybridized carbons (Fsp3) is 0.929. The molecule has 0 amide bonds. The molecular formula is C42H82N2. The molecule has 0 aliphatic heterocycles. The van der Waals surface area contributed by atoms with Gasteiger partial charge in [-0.15, -0.1) is 0 Å². The van der Waals surface area contributed by atoms with Gasteiger partial charge in [0.15, 0.2) is 0 Å². The summed E-state index contributed by atoms with van der Waals surface area (Å²) in [5.74, 6) is 2.07. The molecule has 0 radical (unpaired) electrons. The Labute approximate surface area is 278 Å². The maximum atomic E-state index is 5.02. The average molecular weight is 615 g/mol. The summed E-state index contributed by atoms with van der Waals surface area (Å²) in [6, 6.07) is 0.588. The van der Waals surface area contributed by atoms with Crippen LogP contribution in [0.25, 0.3) is 0 Å². The van der Waals surface area contributed by atoms with Crippen LogP contribution in [0, 0.1) is 0 Å². The molecule has 0 saturated carbocycles. The average Bonchev–Trinajstić information content (AvgIpc) is 3.53. The lowest BCUT2D eigenvalue weighted by Crippen LogP contribution is -2.13. The Hall–Kier alpha value is -0.790. The minimum Gasteiger partial charge on any atom is -0.332 e. The summed E-state index contributed by atoms with van der Waals surface area (Å²) in [6.07, 6.45) is 51.2. The Morgan fingerprint density at radius 3 is 1.07 bits per heavy atom. The Bertz CT molecular complexity index is 651. The SMILES string of the molecule is CCCCCCCCCCCCCCC(CCCCCCCCCCCCCC)c1nccn1C(C)CCCCCCCC. The Morgan fingerprint density at radius 2 is 0.727 bits per heavy atom. The predicted molar refractivity (Wildman–Crippen MR) is 199 cm³/mol. The lowest BCUT2D eigenvalue weighted by Gasteiger charge is -2.22. The second kappa shape index (κ2) is 32.2. The molecule has 0 fully saturated rings. The van der Waals surface area contributed by atoms with Gasteiger partial charge in [0.05, 0.1) is 0 Å². The molecule has 1 rings (SSSR count). The molecule has 0 aromatic carbocycles. The van der Waals surface area contributed by atoms with Crippen molar-refractivity contribution in [1.82, 2.24) is 9.55 Å². The van der Waals surface area contributed by atoms with E-state index in [-0.39, 0.29) is 0 Å². The van der Waals surface area contributed by atoms with Crippen molar-refractivity contribution >= 4 is 0 Å². The zero-order valence-electron chi connectivity index (χ0n) is 31.0. The number of hydrogen-bond donors (Lipinski definition) is 0. The molecule has 2 heteroatoms. The van der Waals surface area contributed by atoms with Crippen LogP contribution in [0.15, 0.2) is 12.4 Å². The van der Waals surface area contributed by atoms with E-state index < -0.39 is 0 Å². The second-order valence-electron chi connectivity index (χ2n) is 14.7. The fourth-order valence-corrected chi connectivity index (χ4v) is 7.24. The third-order valence-corrected chi connectivity index (χ3v) is 10.3. The summed E-state index contributed by atoms with van der Waals surface area (Å²) in [5.41, 5.74) is 0. The molecule has 1 aromatic heterocycles. The molecule has 260 valence electrons. The minimum atomic E-state index is 0.588. The molecule has 44 heavy (non-hydrogen) atoms. The molecule has 0 aliphatic carbocycles. The highest BCUT2D eigenvalue weighted by Gasteiger charge is 2.19. The molecule has 0 aliphatic rings. The van der Waals surface area contributed by atoms with E-state index in [1.165, 1.54) is 218 Å². The van der Waals surface area contributed by atoms with Crippen LogP contribution in [0.5, 0.6) is 0 Å². The standard InChI is InChI=1S/C42H82N2/c1-5-8-11-14-17-19-21-23-25-27-30-33-36-41(37-34-31-28-26-24-22-20-18-15-12-9-6-2)42-43-38-39-44(42)40(4)35-32-29-16-13-10-7-3/h38-41H,5-37H2,1-4H3. The Morgan fingerprint density at radius 1 is 0.432 bits per heavy atom. The highest BCUT2D eigenvalue weighted by molar-refractivity contribution is 5.02.